The van der Waals surface area contributed by atoms with Gasteiger partial charge in [-0.25, -0.2) is 17.7 Å². The molecule has 3 aliphatic rings. The third-order valence-corrected chi connectivity index (χ3v) is 11.7. The number of sulfonamides is 1. The number of halogens is 1. The topological polar surface area (TPSA) is 109 Å². The Labute approximate surface area is 285 Å². The van der Waals surface area contributed by atoms with Crippen LogP contribution < -0.4 is 13.8 Å². The molecule has 0 spiro atoms. The second kappa shape index (κ2) is 12.8. The first-order chi connectivity index (χ1) is 23.2. The van der Waals surface area contributed by atoms with Crippen molar-refractivity contribution in [2.45, 2.75) is 35.9 Å². The number of piperazine rings is 1. The molecule has 1 amide bonds. The highest BCUT2D eigenvalue weighted by molar-refractivity contribution is 7.93. The molecular weight excluding hydrogens is 654 g/mol. The Bertz CT molecular complexity index is 1910. The number of carbonyl (C=O) groups is 1. The highest BCUT2D eigenvalue weighted by Gasteiger charge is 2.63. The van der Waals surface area contributed by atoms with E-state index in [9.17, 15) is 8.42 Å². The number of nitrogens with zero attached hydrogens (tertiary/aromatic N) is 5. The molecule has 2 saturated heterocycles. The summed E-state index contributed by atoms with van der Waals surface area (Å²) in [6, 6.07) is 16.3. The van der Waals surface area contributed by atoms with Gasteiger partial charge in [0.25, 0.3) is 15.9 Å². The number of amides is 1. The molecule has 7 rings (SSSR count). The normalized spacial score (nSPS) is 22.3. The highest BCUT2D eigenvalue weighted by atomic mass is 35.5. The van der Waals surface area contributed by atoms with Gasteiger partial charge < -0.3 is 18.8 Å². The van der Waals surface area contributed by atoms with Crippen molar-refractivity contribution in [3.63, 3.8) is 0 Å². The molecular formula is C35H38ClN5O6S. The van der Waals surface area contributed by atoms with Gasteiger partial charge in [-0.2, -0.15) is 0 Å². The van der Waals surface area contributed by atoms with Crippen molar-refractivity contribution in [3.8, 4) is 11.5 Å². The smallest absolute Gasteiger partial charge is 0.271 e. The van der Waals surface area contributed by atoms with E-state index in [0.29, 0.717) is 53.0 Å². The van der Waals surface area contributed by atoms with Gasteiger partial charge in [0, 0.05) is 61.0 Å². The number of fused-ring (bicyclic) bond motifs is 1. The van der Waals surface area contributed by atoms with Crippen LogP contribution in [0.1, 0.15) is 41.5 Å². The largest absolute Gasteiger partial charge is 0.497 e. The fourth-order valence-electron chi connectivity index (χ4n) is 7.44. The predicted octanol–water partition coefficient (Wildman–Crippen LogP) is 4.91. The maximum Gasteiger partial charge on any atom is 0.271 e. The molecule has 0 N–H and O–H groups in total. The minimum Gasteiger partial charge on any atom is -0.497 e. The molecule has 2 atom stereocenters. The number of hydrogen-bond donors (Lipinski definition) is 0. The Kier molecular flexibility index (Phi) is 8.71. The molecule has 0 bridgehead atoms. The Morgan fingerprint density at radius 2 is 1.75 bits per heavy atom. The molecule has 252 valence electrons. The van der Waals surface area contributed by atoms with E-state index in [2.05, 4.69) is 21.8 Å². The van der Waals surface area contributed by atoms with Crippen LogP contribution in [-0.4, -0.2) is 88.0 Å². The first kappa shape index (κ1) is 32.6. The van der Waals surface area contributed by atoms with Gasteiger partial charge in [0.05, 0.1) is 37.0 Å². The van der Waals surface area contributed by atoms with Crippen LogP contribution in [0.25, 0.3) is 0 Å². The maximum atomic E-state index is 15.6. The van der Waals surface area contributed by atoms with E-state index in [-0.39, 0.29) is 10.6 Å². The zero-order valence-corrected chi connectivity index (χ0v) is 28.7. The number of benzene rings is 3. The number of carbonyl (C=O) groups excluding carboxylic acids is 1. The minimum atomic E-state index is -4.41. The molecule has 3 aromatic carbocycles. The SMILES string of the molecule is COc1ccc(S(=O)(=O)N2C(=O)C(c3cccc(CN4CCN(C)CC4)c3OC)(N3CCCC3c3ncco3)c3cc(Cl)ccc32)cc1. The standard InChI is InChI=1S/C35H38ClN5O6S/c1-38-17-19-39(20-18-38)23-24-6-4-7-28(32(24)46-3)35(40-16-5-8-31(40)33-37-15-21-47-33)29-22-25(36)9-14-30(29)41(34(35)42)48(43,44)27-12-10-26(45-2)11-13-27/h4,6-7,9-15,21-22,31H,5,8,16-20,23H2,1-3H3. The quantitative estimate of drug-likeness (QED) is 0.240. The van der Waals surface area contributed by atoms with Crippen LogP contribution >= 0.6 is 11.6 Å². The zero-order valence-electron chi connectivity index (χ0n) is 27.1. The van der Waals surface area contributed by atoms with Crippen LogP contribution in [0.4, 0.5) is 5.69 Å². The summed E-state index contributed by atoms with van der Waals surface area (Å²) in [6.07, 6.45) is 4.47. The lowest BCUT2D eigenvalue weighted by Gasteiger charge is -2.41. The van der Waals surface area contributed by atoms with E-state index >= 15 is 4.79 Å². The lowest BCUT2D eigenvalue weighted by Crippen LogP contribution is -2.54. The third kappa shape index (κ3) is 5.26. The van der Waals surface area contributed by atoms with Crippen molar-refractivity contribution in [2.75, 3.05) is 58.3 Å². The third-order valence-electron chi connectivity index (χ3n) is 9.76. The Hall–Kier alpha value is -3.94. The Morgan fingerprint density at radius 3 is 2.44 bits per heavy atom. The predicted molar refractivity (Wildman–Crippen MR) is 181 cm³/mol. The van der Waals surface area contributed by atoms with Crippen molar-refractivity contribution in [1.82, 2.24) is 19.7 Å². The van der Waals surface area contributed by atoms with Gasteiger partial charge in [0.2, 0.25) is 5.89 Å². The highest BCUT2D eigenvalue weighted by Crippen LogP contribution is 2.57. The molecule has 3 aliphatic heterocycles. The van der Waals surface area contributed by atoms with Gasteiger partial charge in [-0.3, -0.25) is 14.6 Å². The van der Waals surface area contributed by atoms with Gasteiger partial charge in [-0.1, -0.05) is 29.8 Å². The van der Waals surface area contributed by atoms with E-state index < -0.39 is 27.5 Å². The van der Waals surface area contributed by atoms with Crippen LogP contribution in [0.5, 0.6) is 11.5 Å². The molecule has 4 heterocycles. The van der Waals surface area contributed by atoms with Crippen molar-refractivity contribution in [1.29, 1.82) is 0 Å². The van der Waals surface area contributed by atoms with Gasteiger partial charge in [-0.15, -0.1) is 0 Å². The van der Waals surface area contributed by atoms with Crippen LogP contribution in [0.3, 0.4) is 0 Å². The Morgan fingerprint density at radius 1 is 0.979 bits per heavy atom. The minimum absolute atomic E-state index is 0.0465. The molecule has 4 aromatic rings. The van der Waals surface area contributed by atoms with Crippen molar-refractivity contribution in [2.24, 2.45) is 0 Å². The average Bonchev–Trinajstić information content (AvgIpc) is 3.85. The number of rotatable bonds is 9. The fraction of sp³-hybridized carbons (Fsp3) is 0.371. The number of methoxy groups -OCH3 is 2. The number of likely N-dealkylation sites (tertiary alicyclic amines) is 1. The summed E-state index contributed by atoms with van der Waals surface area (Å²) >= 11 is 6.70. The molecule has 0 aliphatic carbocycles. The number of ether oxygens (including phenoxy) is 2. The molecule has 0 radical (unpaired) electrons. The molecule has 48 heavy (non-hydrogen) atoms. The number of para-hydroxylation sites is 1. The van der Waals surface area contributed by atoms with Crippen LogP contribution in [0.2, 0.25) is 5.02 Å². The summed E-state index contributed by atoms with van der Waals surface area (Å²) in [5.74, 6) is 0.824. The summed E-state index contributed by atoms with van der Waals surface area (Å²) in [4.78, 5) is 26.7. The lowest BCUT2D eigenvalue weighted by atomic mass is 9.80. The number of aromatic nitrogens is 1. The van der Waals surface area contributed by atoms with Gasteiger partial charge in [0.1, 0.15) is 17.8 Å². The van der Waals surface area contributed by atoms with Gasteiger partial charge in [0.15, 0.2) is 5.54 Å². The van der Waals surface area contributed by atoms with Crippen LogP contribution in [0, 0.1) is 0 Å². The second-order valence-corrected chi connectivity index (χ2v) is 14.6. The molecule has 11 nitrogen and oxygen atoms in total. The zero-order chi connectivity index (χ0) is 33.6. The first-order valence-electron chi connectivity index (χ1n) is 16.0. The van der Waals surface area contributed by atoms with Crippen molar-refractivity contribution < 1.29 is 27.1 Å². The van der Waals surface area contributed by atoms with Crippen LogP contribution in [-0.2, 0) is 26.9 Å². The number of hydrogen-bond acceptors (Lipinski definition) is 10. The van der Waals surface area contributed by atoms with E-state index in [1.165, 1.54) is 25.5 Å². The second-order valence-electron chi connectivity index (χ2n) is 12.4. The average molecular weight is 692 g/mol. The maximum absolute atomic E-state index is 15.6. The summed E-state index contributed by atoms with van der Waals surface area (Å²) in [5, 5.41) is 0.369. The van der Waals surface area contributed by atoms with E-state index in [1.54, 1.807) is 43.6 Å². The molecule has 13 heteroatoms. The van der Waals surface area contributed by atoms with E-state index in [4.69, 9.17) is 25.5 Å². The summed E-state index contributed by atoms with van der Waals surface area (Å²) in [6.45, 7) is 4.74. The number of anilines is 1. The first-order valence-corrected chi connectivity index (χ1v) is 17.8. The summed E-state index contributed by atoms with van der Waals surface area (Å²) in [5.41, 5.74) is 0.462. The van der Waals surface area contributed by atoms with E-state index in [1.807, 2.05) is 23.1 Å². The number of likely N-dealkylation sites (N-methyl/N-ethyl adjacent to an activating group) is 1. The van der Waals surface area contributed by atoms with E-state index in [0.717, 1.165) is 42.5 Å². The molecule has 2 unspecified atom stereocenters. The fourth-order valence-corrected chi connectivity index (χ4v) is 9.07. The lowest BCUT2D eigenvalue weighted by molar-refractivity contribution is -0.127. The van der Waals surface area contributed by atoms with Gasteiger partial charge >= 0.3 is 0 Å². The van der Waals surface area contributed by atoms with Crippen molar-refractivity contribution >= 4 is 33.2 Å². The summed E-state index contributed by atoms with van der Waals surface area (Å²) < 4.78 is 47.4. The van der Waals surface area contributed by atoms with Crippen LogP contribution in [0.15, 0.2) is 82.4 Å². The summed E-state index contributed by atoms with van der Waals surface area (Å²) in [7, 11) is 0.807. The van der Waals surface area contributed by atoms with Crippen molar-refractivity contribution in [3.05, 3.63) is 101 Å². The Balaban J connectivity index is 1.47. The molecule has 1 aromatic heterocycles. The van der Waals surface area contributed by atoms with Gasteiger partial charge in [-0.05, 0) is 62.4 Å². The monoisotopic (exact) mass is 691 g/mol. The molecule has 2 fully saturated rings. The number of oxazole rings is 1. The molecule has 0 saturated carbocycles.